The van der Waals surface area contributed by atoms with E-state index in [4.69, 9.17) is 5.11 Å². The summed E-state index contributed by atoms with van der Waals surface area (Å²) in [5.41, 5.74) is 1.56. The second kappa shape index (κ2) is 4.25. The van der Waals surface area contributed by atoms with E-state index in [9.17, 15) is 9.90 Å². The fourth-order valence-corrected chi connectivity index (χ4v) is 1.41. The van der Waals surface area contributed by atoms with Crippen molar-refractivity contribution in [1.29, 1.82) is 0 Å². The third kappa shape index (κ3) is 2.25. The van der Waals surface area contributed by atoms with E-state index in [-0.39, 0.29) is 22.8 Å². The molecule has 2 rings (SSSR count). The molecule has 1 heterocycles. The molecule has 2 aromatic rings. The zero-order valence-electron chi connectivity index (χ0n) is 9.21. The van der Waals surface area contributed by atoms with Crippen LogP contribution in [-0.4, -0.2) is 21.0 Å². The fraction of sp³-hybridized carbons (Fsp3) is 0.0769. The van der Waals surface area contributed by atoms with Gasteiger partial charge in [-0.15, -0.1) is 0 Å². The van der Waals surface area contributed by atoms with Gasteiger partial charge in [0.15, 0.2) is 11.5 Å². The number of rotatable bonds is 2. The molecule has 1 aromatic heterocycles. The van der Waals surface area contributed by atoms with Gasteiger partial charge in [0, 0.05) is 11.8 Å². The van der Waals surface area contributed by atoms with Crippen molar-refractivity contribution in [2.45, 2.75) is 6.92 Å². The van der Waals surface area contributed by atoms with Crippen LogP contribution in [0.3, 0.4) is 0 Å². The van der Waals surface area contributed by atoms with Crippen LogP contribution in [0.1, 0.15) is 21.6 Å². The maximum Gasteiger partial charge on any atom is 0.211 e. The minimum Gasteiger partial charge on any atom is -0.504 e. The molecule has 4 heteroatoms. The Hall–Kier alpha value is -2.36. The number of carbonyl (C=O) groups is 1. The Balaban J connectivity index is 2.37. The first-order valence-electron chi connectivity index (χ1n) is 5.07. The van der Waals surface area contributed by atoms with Gasteiger partial charge in [-0.2, -0.15) is 0 Å². The lowest BCUT2D eigenvalue weighted by Crippen LogP contribution is -2.03. The molecule has 17 heavy (non-hydrogen) atoms. The molecule has 0 fully saturated rings. The molecule has 0 saturated heterocycles. The Bertz CT molecular complexity index is 561. The predicted octanol–water partition coefficient (Wildman–Crippen LogP) is 2.03. The summed E-state index contributed by atoms with van der Waals surface area (Å²) >= 11 is 0. The molecule has 0 amide bonds. The van der Waals surface area contributed by atoms with Gasteiger partial charge in [-0.05, 0) is 36.8 Å². The highest BCUT2D eigenvalue weighted by Gasteiger charge is 2.12. The molecule has 0 aliphatic heterocycles. The number of aromatic nitrogens is 1. The fourth-order valence-electron chi connectivity index (χ4n) is 1.41. The van der Waals surface area contributed by atoms with Crippen LogP contribution >= 0.6 is 0 Å². The van der Waals surface area contributed by atoms with Crippen LogP contribution in [0.4, 0.5) is 0 Å². The zero-order valence-corrected chi connectivity index (χ0v) is 9.21. The van der Waals surface area contributed by atoms with Crippen molar-refractivity contribution in [2.24, 2.45) is 0 Å². The maximum absolute atomic E-state index is 12.0. The van der Waals surface area contributed by atoms with Crippen molar-refractivity contribution >= 4 is 5.78 Å². The van der Waals surface area contributed by atoms with Gasteiger partial charge in [0.25, 0.3) is 0 Å². The van der Waals surface area contributed by atoms with Crippen LogP contribution in [0, 0.1) is 6.92 Å². The summed E-state index contributed by atoms with van der Waals surface area (Å²) < 4.78 is 0. The van der Waals surface area contributed by atoms with Gasteiger partial charge in [0.1, 0.15) is 5.69 Å². The van der Waals surface area contributed by atoms with Crippen molar-refractivity contribution in [3.63, 3.8) is 0 Å². The largest absolute Gasteiger partial charge is 0.504 e. The number of ketones is 1. The van der Waals surface area contributed by atoms with Crippen LogP contribution in [0.5, 0.6) is 11.5 Å². The number of carbonyl (C=O) groups excluding carboxylic acids is 1. The standard InChI is InChI=1S/C13H11NO3/c1-8-2-4-10(14-7-8)13(17)9-3-5-11(15)12(16)6-9/h2-7,15-16H,1H3. The van der Waals surface area contributed by atoms with Crippen molar-refractivity contribution in [2.75, 3.05) is 0 Å². The normalized spacial score (nSPS) is 10.2. The predicted molar refractivity (Wildman–Crippen MR) is 62.2 cm³/mol. The minimum atomic E-state index is -0.317. The lowest BCUT2D eigenvalue weighted by atomic mass is 10.1. The molecule has 0 unspecified atom stereocenters. The first-order chi connectivity index (χ1) is 8.08. The topological polar surface area (TPSA) is 70.4 Å². The number of aromatic hydroxyl groups is 2. The van der Waals surface area contributed by atoms with E-state index in [0.717, 1.165) is 5.56 Å². The summed E-state index contributed by atoms with van der Waals surface area (Å²) in [4.78, 5) is 16.0. The van der Waals surface area contributed by atoms with E-state index in [0.29, 0.717) is 5.69 Å². The van der Waals surface area contributed by atoms with E-state index in [1.54, 1.807) is 18.3 Å². The molecule has 86 valence electrons. The number of benzene rings is 1. The highest BCUT2D eigenvalue weighted by Crippen LogP contribution is 2.25. The van der Waals surface area contributed by atoms with Crippen molar-refractivity contribution in [3.05, 3.63) is 53.3 Å². The van der Waals surface area contributed by atoms with Gasteiger partial charge in [0.2, 0.25) is 5.78 Å². The second-order valence-electron chi connectivity index (χ2n) is 3.75. The highest BCUT2D eigenvalue weighted by molar-refractivity contribution is 6.08. The summed E-state index contributed by atoms with van der Waals surface area (Å²) in [5, 5.41) is 18.5. The number of hydrogen-bond acceptors (Lipinski definition) is 4. The first kappa shape index (κ1) is 11.1. The summed E-state index contributed by atoms with van der Waals surface area (Å²) in [6.07, 6.45) is 1.60. The number of hydrogen-bond donors (Lipinski definition) is 2. The molecular weight excluding hydrogens is 218 g/mol. The molecule has 0 atom stereocenters. The number of pyridine rings is 1. The number of nitrogens with zero attached hydrogens (tertiary/aromatic N) is 1. The summed E-state index contributed by atoms with van der Waals surface area (Å²) in [5.74, 6) is -0.860. The molecule has 4 nitrogen and oxygen atoms in total. The van der Waals surface area contributed by atoms with Gasteiger partial charge < -0.3 is 10.2 Å². The summed E-state index contributed by atoms with van der Waals surface area (Å²) in [6, 6.07) is 7.36. The monoisotopic (exact) mass is 229 g/mol. The van der Waals surface area contributed by atoms with Crippen molar-refractivity contribution in [3.8, 4) is 11.5 Å². The van der Waals surface area contributed by atoms with Crippen molar-refractivity contribution in [1.82, 2.24) is 4.98 Å². The van der Waals surface area contributed by atoms with Crippen LogP contribution in [0.15, 0.2) is 36.5 Å². The Morgan fingerprint density at radius 3 is 2.47 bits per heavy atom. The molecule has 0 aliphatic carbocycles. The number of phenols is 2. The molecule has 0 spiro atoms. The lowest BCUT2D eigenvalue weighted by molar-refractivity contribution is 0.103. The van der Waals surface area contributed by atoms with Gasteiger partial charge in [0.05, 0.1) is 0 Å². The maximum atomic E-state index is 12.0. The minimum absolute atomic E-state index is 0.251. The quantitative estimate of drug-likeness (QED) is 0.610. The molecule has 1 aromatic carbocycles. The van der Waals surface area contributed by atoms with Crippen molar-refractivity contribution < 1.29 is 15.0 Å². The Kier molecular flexibility index (Phi) is 2.78. The molecule has 2 N–H and O–H groups in total. The Morgan fingerprint density at radius 2 is 1.88 bits per heavy atom. The molecule has 0 radical (unpaired) electrons. The lowest BCUT2D eigenvalue weighted by Gasteiger charge is -2.02. The van der Waals surface area contributed by atoms with Gasteiger partial charge in [-0.1, -0.05) is 6.07 Å². The van der Waals surface area contributed by atoms with E-state index in [2.05, 4.69) is 4.98 Å². The summed E-state index contributed by atoms with van der Waals surface area (Å²) in [6.45, 7) is 1.88. The number of aryl methyl sites for hydroxylation is 1. The third-order valence-electron chi connectivity index (χ3n) is 2.38. The average Bonchev–Trinajstić information content (AvgIpc) is 2.33. The van der Waals surface area contributed by atoms with E-state index < -0.39 is 0 Å². The SMILES string of the molecule is Cc1ccc(C(=O)c2ccc(O)c(O)c2)nc1. The van der Waals surface area contributed by atoms with Crippen LogP contribution in [0.25, 0.3) is 0 Å². The zero-order chi connectivity index (χ0) is 12.4. The first-order valence-corrected chi connectivity index (χ1v) is 5.07. The van der Waals surface area contributed by atoms with E-state index in [1.165, 1.54) is 18.2 Å². The Labute approximate surface area is 98.2 Å². The molecule has 0 aliphatic rings. The highest BCUT2D eigenvalue weighted by atomic mass is 16.3. The van der Waals surface area contributed by atoms with Crippen LogP contribution < -0.4 is 0 Å². The number of phenolic OH excluding ortho intramolecular Hbond substituents is 2. The third-order valence-corrected chi connectivity index (χ3v) is 2.38. The van der Waals surface area contributed by atoms with Gasteiger partial charge in [-0.25, -0.2) is 0 Å². The van der Waals surface area contributed by atoms with E-state index in [1.807, 2.05) is 6.92 Å². The van der Waals surface area contributed by atoms with Crippen LogP contribution in [-0.2, 0) is 0 Å². The molecule has 0 bridgehead atoms. The molecular formula is C13H11NO3. The Morgan fingerprint density at radius 1 is 1.12 bits per heavy atom. The molecule has 0 saturated carbocycles. The van der Waals surface area contributed by atoms with E-state index >= 15 is 0 Å². The smallest absolute Gasteiger partial charge is 0.211 e. The van der Waals surface area contributed by atoms with Gasteiger partial charge >= 0.3 is 0 Å². The summed E-state index contributed by atoms with van der Waals surface area (Å²) in [7, 11) is 0. The van der Waals surface area contributed by atoms with Crippen LogP contribution in [0.2, 0.25) is 0 Å². The van der Waals surface area contributed by atoms with Gasteiger partial charge in [-0.3, -0.25) is 9.78 Å². The average molecular weight is 229 g/mol. The second-order valence-corrected chi connectivity index (χ2v) is 3.75.